The molecule has 0 spiro atoms. The van der Waals surface area contributed by atoms with Crippen molar-refractivity contribution in [1.29, 1.82) is 0 Å². The van der Waals surface area contributed by atoms with E-state index in [0.717, 1.165) is 16.9 Å². The lowest BCUT2D eigenvalue weighted by atomic mass is 10.0. The molecule has 0 heterocycles. The highest BCUT2D eigenvalue weighted by atomic mass is 16.6. The lowest BCUT2D eigenvalue weighted by Gasteiger charge is -2.24. The van der Waals surface area contributed by atoms with Crippen molar-refractivity contribution in [3.05, 3.63) is 60.2 Å². The molecule has 0 saturated carbocycles. The van der Waals surface area contributed by atoms with Gasteiger partial charge in [-0.3, -0.25) is 4.79 Å². The number of nitrogens with one attached hydrogen (secondary N) is 2. The summed E-state index contributed by atoms with van der Waals surface area (Å²) in [5.41, 5.74) is 1.86. The minimum Gasteiger partial charge on any atom is -0.444 e. The molecule has 0 fully saturated rings. The second kappa shape index (κ2) is 9.26. The highest BCUT2D eigenvalue weighted by Gasteiger charge is 2.23. The Kier molecular flexibility index (Phi) is 7.04. The van der Waals surface area contributed by atoms with Crippen molar-refractivity contribution in [3.8, 4) is 0 Å². The molecule has 2 aromatic rings. The van der Waals surface area contributed by atoms with Crippen LogP contribution >= 0.6 is 0 Å². The summed E-state index contributed by atoms with van der Waals surface area (Å²) in [6, 6.07) is 16.5. The Hall–Kier alpha value is -3.02. The number of carbonyl (C=O) groups excluding carboxylic acids is 2. The third-order valence-electron chi connectivity index (χ3n) is 3.94. The molecule has 0 saturated heterocycles. The van der Waals surface area contributed by atoms with Crippen molar-refractivity contribution in [2.24, 2.45) is 0 Å². The van der Waals surface area contributed by atoms with Crippen LogP contribution in [-0.4, -0.2) is 31.7 Å². The zero-order valence-corrected chi connectivity index (χ0v) is 17.2. The third-order valence-corrected chi connectivity index (χ3v) is 3.94. The largest absolute Gasteiger partial charge is 0.444 e. The Morgan fingerprint density at radius 1 is 1.00 bits per heavy atom. The number of hydrogen-bond acceptors (Lipinski definition) is 4. The molecule has 6 heteroatoms. The van der Waals surface area contributed by atoms with E-state index in [1.165, 1.54) is 0 Å². The summed E-state index contributed by atoms with van der Waals surface area (Å²) in [6.07, 6.45) is -0.465. The van der Waals surface area contributed by atoms with Gasteiger partial charge in [0.05, 0.1) is 23.8 Å². The molecule has 0 aliphatic heterocycles. The molecule has 2 amide bonds. The Bertz CT molecular complexity index is 798. The number of rotatable bonds is 6. The fraction of sp³-hybridized carbons (Fsp3) is 0.364. The number of para-hydroxylation sites is 2. The van der Waals surface area contributed by atoms with Crippen LogP contribution in [0.3, 0.4) is 0 Å². The van der Waals surface area contributed by atoms with Crippen LogP contribution in [-0.2, 0) is 9.53 Å². The first-order valence-electron chi connectivity index (χ1n) is 9.26. The molecule has 0 aromatic heterocycles. The number of nitrogens with zero attached hydrogens (tertiary/aromatic N) is 1. The van der Waals surface area contributed by atoms with E-state index >= 15 is 0 Å². The highest BCUT2D eigenvalue weighted by molar-refractivity contribution is 5.94. The van der Waals surface area contributed by atoms with Gasteiger partial charge >= 0.3 is 6.09 Å². The van der Waals surface area contributed by atoms with E-state index in [1.54, 1.807) is 20.8 Å². The van der Waals surface area contributed by atoms with Crippen molar-refractivity contribution in [2.75, 3.05) is 24.3 Å². The van der Waals surface area contributed by atoms with Crippen LogP contribution in [0, 0.1) is 0 Å². The molecule has 2 N–H and O–H groups in total. The molecular weight excluding hydrogens is 354 g/mol. The first-order chi connectivity index (χ1) is 13.2. The smallest absolute Gasteiger partial charge is 0.408 e. The molecule has 2 aromatic carbocycles. The van der Waals surface area contributed by atoms with Gasteiger partial charge < -0.3 is 20.3 Å². The van der Waals surface area contributed by atoms with Crippen LogP contribution in [0.5, 0.6) is 0 Å². The Balaban J connectivity index is 2.14. The predicted octanol–water partition coefficient (Wildman–Crippen LogP) is 4.35. The average Bonchev–Trinajstić information content (AvgIpc) is 2.60. The minimum atomic E-state index is -0.613. The standard InChI is InChI=1S/C22H29N3O3/c1-22(2,3)28-21(27)24-18(16-11-7-6-8-12-16)15-20(26)23-17-13-9-10-14-19(17)25(4)5/h6-14,18H,15H2,1-5H3,(H,23,26)(H,24,27)/t18-/m1/s1. The van der Waals surface area contributed by atoms with Gasteiger partial charge in [0.1, 0.15) is 5.60 Å². The van der Waals surface area contributed by atoms with Gasteiger partial charge in [0.2, 0.25) is 5.91 Å². The first kappa shape index (κ1) is 21.3. The van der Waals surface area contributed by atoms with Crippen molar-refractivity contribution >= 4 is 23.4 Å². The molecular formula is C22H29N3O3. The van der Waals surface area contributed by atoms with Gasteiger partial charge in [-0.2, -0.15) is 0 Å². The average molecular weight is 383 g/mol. The van der Waals surface area contributed by atoms with Gasteiger partial charge in [-0.25, -0.2) is 4.79 Å². The van der Waals surface area contributed by atoms with Crippen molar-refractivity contribution < 1.29 is 14.3 Å². The van der Waals surface area contributed by atoms with Crippen LogP contribution < -0.4 is 15.5 Å². The fourth-order valence-corrected chi connectivity index (χ4v) is 2.74. The van der Waals surface area contributed by atoms with E-state index < -0.39 is 17.7 Å². The normalized spacial score (nSPS) is 12.0. The number of amides is 2. The second-order valence-electron chi connectivity index (χ2n) is 7.77. The summed E-state index contributed by atoms with van der Waals surface area (Å²) in [4.78, 5) is 26.9. The maximum atomic E-state index is 12.7. The van der Waals surface area contributed by atoms with E-state index in [9.17, 15) is 9.59 Å². The molecule has 150 valence electrons. The van der Waals surface area contributed by atoms with E-state index in [1.807, 2.05) is 73.6 Å². The molecule has 1 atom stereocenters. The SMILES string of the molecule is CN(C)c1ccccc1NC(=O)C[C@@H](NC(=O)OC(C)(C)C)c1ccccc1. The zero-order chi connectivity index (χ0) is 20.7. The maximum Gasteiger partial charge on any atom is 0.408 e. The summed E-state index contributed by atoms with van der Waals surface area (Å²) >= 11 is 0. The van der Waals surface area contributed by atoms with Gasteiger partial charge in [-0.1, -0.05) is 42.5 Å². The van der Waals surface area contributed by atoms with E-state index in [2.05, 4.69) is 10.6 Å². The summed E-state index contributed by atoms with van der Waals surface area (Å²) in [5, 5.41) is 5.75. The monoisotopic (exact) mass is 383 g/mol. The Morgan fingerprint density at radius 2 is 1.61 bits per heavy atom. The second-order valence-corrected chi connectivity index (χ2v) is 7.77. The number of anilines is 2. The van der Waals surface area contributed by atoms with Crippen LogP contribution in [0.1, 0.15) is 38.8 Å². The molecule has 0 aliphatic rings. The highest BCUT2D eigenvalue weighted by Crippen LogP contribution is 2.25. The summed E-state index contributed by atoms with van der Waals surface area (Å²) in [5.74, 6) is -0.195. The number of ether oxygens (including phenoxy) is 1. The number of hydrogen-bond donors (Lipinski definition) is 2. The molecule has 0 bridgehead atoms. The quantitative estimate of drug-likeness (QED) is 0.778. The zero-order valence-electron chi connectivity index (χ0n) is 17.2. The third kappa shape index (κ3) is 6.61. The lowest BCUT2D eigenvalue weighted by Crippen LogP contribution is -2.36. The molecule has 6 nitrogen and oxygen atoms in total. The fourth-order valence-electron chi connectivity index (χ4n) is 2.74. The molecule has 0 radical (unpaired) electrons. The van der Waals surface area contributed by atoms with E-state index in [-0.39, 0.29) is 12.3 Å². The van der Waals surface area contributed by atoms with Crippen molar-refractivity contribution in [3.63, 3.8) is 0 Å². The van der Waals surface area contributed by atoms with Crippen LogP contribution in [0.4, 0.5) is 16.2 Å². The number of alkyl carbamates (subject to hydrolysis) is 1. The molecule has 0 aliphatic carbocycles. The van der Waals surface area contributed by atoms with Crippen LogP contribution in [0.2, 0.25) is 0 Å². The molecule has 2 rings (SSSR count). The maximum absolute atomic E-state index is 12.7. The first-order valence-corrected chi connectivity index (χ1v) is 9.26. The van der Waals surface area contributed by atoms with Gasteiger partial charge in [0, 0.05) is 14.1 Å². The Morgan fingerprint density at radius 3 is 2.21 bits per heavy atom. The van der Waals surface area contributed by atoms with Gasteiger partial charge in [0.25, 0.3) is 0 Å². The Labute approximate surface area is 166 Å². The van der Waals surface area contributed by atoms with Gasteiger partial charge in [0.15, 0.2) is 0 Å². The minimum absolute atomic E-state index is 0.0883. The predicted molar refractivity (Wildman–Crippen MR) is 113 cm³/mol. The van der Waals surface area contributed by atoms with Gasteiger partial charge in [-0.15, -0.1) is 0 Å². The van der Waals surface area contributed by atoms with E-state index in [4.69, 9.17) is 4.74 Å². The van der Waals surface area contributed by atoms with Crippen LogP contribution in [0.15, 0.2) is 54.6 Å². The number of benzene rings is 2. The van der Waals surface area contributed by atoms with E-state index in [0.29, 0.717) is 0 Å². The topological polar surface area (TPSA) is 70.7 Å². The summed E-state index contributed by atoms with van der Waals surface area (Å²) in [6.45, 7) is 5.40. The number of carbonyl (C=O) groups is 2. The summed E-state index contributed by atoms with van der Waals surface area (Å²) in [7, 11) is 3.84. The van der Waals surface area contributed by atoms with Crippen LogP contribution in [0.25, 0.3) is 0 Å². The van der Waals surface area contributed by atoms with Crippen molar-refractivity contribution in [1.82, 2.24) is 5.32 Å². The van der Waals surface area contributed by atoms with Gasteiger partial charge in [-0.05, 0) is 38.5 Å². The summed E-state index contributed by atoms with van der Waals surface area (Å²) < 4.78 is 5.35. The lowest BCUT2D eigenvalue weighted by molar-refractivity contribution is -0.116. The molecule has 0 unspecified atom stereocenters. The van der Waals surface area contributed by atoms with Crippen molar-refractivity contribution in [2.45, 2.75) is 38.8 Å². The molecule has 28 heavy (non-hydrogen) atoms.